The van der Waals surface area contributed by atoms with Crippen molar-refractivity contribution >= 4 is 0 Å². The molecule has 1 unspecified atom stereocenters. The minimum Gasteiger partial charge on any atom is -0.457 e. The smallest absolute Gasteiger partial charge is 0.241 e. The molecule has 0 aliphatic rings. The van der Waals surface area contributed by atoms with Gasteiger partial charge in [-0.05, 0) is 24.6 Å². The van der Waals surface area contributed by atoms with Crippen LogP contribution in [0.15, 0.2) is 73.3 Å². The number of rotatable bonds is 8. The van der Waals surface area contributed by atoms with E-state index in [0.29, 0.717) is 6.54 Å². The maximum Gasteiger partial charge on any atom is 0.241 e. The van der Waals surface area contributed by atoms with Crippen LogP contribution in [-0.2, 0) is 12.0 Å². The number of H-pyrrole nitrogens is 1. The number of nitrogens with one attached hydrogen (secondary N) is 1. The summed E-state index contributed by atoms with van der Waals surface area (Å²) in [6.45, 7) is 2.74. The number of hydrogen-bond acceptors (Lipinski definition) is 2. The molecule has 0 saturated carbocycles. The van der Waals surface area contributed by atoms with Gasteiger partial charge in [-0.25, -0.2) is 4.57 Å². The number of hydrogen-bond donors (Lipinski definition) is 1. The van der Waals surface area contributed by atoms with Crippen LogP contribution in [-0.4, -0.2) is 4.98 Å². The quantitative estimate of drug-likeness (QED) is 0.599. The van der Waals surface area contributed by atoms with Gasteiger partial charge >= 0.3 is 0 Å². The summed E-state index contributed by atoms with van der Waals surface area (Å²) in [5, 5.41) is 10.2. The van der Waals surface area contributed by atoms with E-state index in [0.717, 1.165) is 36.3 Å². The molecule has 4 heteroatoms. The van der Waals surface area contributed by atoms with E-state index < -0.39 is 5.41 Å². The first-order valence-corrected chi connectivity index (χ1v) is 9.03. The molecule has 0 bridgehead atoms. The number of nitriles is 1. The van der Waals surface area contributed by atoms with Gasteiger partial charge in [0.2, 0.25) is 6.33 Å². The zero-order valence-electron chi connectivity index (χ0n) is 15.1. The molecular weight excluding hydrogens is 322 g/mol. The highest BCUT2D eigenvalue weighted by molar-refractivity contribution is 5.45. The lowest BCUT2D eigenvalue weighted by Crippen LogP contribution is -2.44. The van der Waals surface area contributed by atoms with Crippen molar-refractivity contribution < 1.29 is 9.30 Å². The van der Waals surface area contributed by atoms with Gasteiger partial charge < -0.3 is 4.74 Å². The summed E-state index contributed by atoms with van der Waals surface area (Å²) >= 11 is 0. The van der Waals surface area contributed by atoms with Crippen LogP contribution in [0.2, 0.25) is 0 Å². The zero-order valence-corrected chi connectivity index (χ0v) is 15.1. The van der Waals surface area contributed by atoms with E-state index in [9.17, 15) is 5.26 Å². The third kappa shape index (κ3) is 3.94. The molecule has 1 N–H and O–H groups in total. The molecule has 3 aromatic rings. The Balaban J connectivity index is 2.02. The average Bonchev–Trinajstić information content (AvgIpc) is 3.19. The topological polar surface area (TPSA) is 52.7 Å². The zero-order chi connectivity index (χ0) is 18.2. The van der Waals surface area contributed by atoms with Crippen molar-refractivity contribution in [2.75, 3.05) is 0 Å². The Morgan fingerprint density at radius 3 is 2.58 bits per heavy atom. The van der Waals surface area contributed by atoms with E-state index in [1.807, 2.05) is 77.9 Å². The average molecular weight is 346 g/mol. The fourth-order valence-corrected chi connectivity index (χ4v) is 3.23. The van der Waals surface area contributed by atoms with Crippen molar-refractivity contribution in [2.24, 2.45) is 0 Å². The van der Waals surface area contributed by atoms with Crippen LogP contribution < -0.4 is 9.30 Å². The number of aromatic nitrogens is 2. The summed E-state index contributed by atoms with van der Waals surface area (Å²) in [6.07, 6.45) is 8.53. The highest BCUT2D eigenvalue weighted by atomic mass is 16.5. The Morgan fingerprint density at radius 1 is 1.12 bits per heavy atom. The summed E-state index contributed by atoms with van der Waals surface area (Å²) in [6, 6.07) is 20.2. The van der Waals surface area contributed by atoms with Gasteiger partial charge in [0.1, 0.15) is 35.9 Å². The van der Waals surface area contributed by atoms with Gasteiger partial charge in [0, 0.05) is 5.56 Å². The van der Waals surface area contributed by atoms with E-state index in [2.05, 4.69) is 18.0 Å². The number of benzene rings is 2. The Bertz CT molecular complexity index is 853. The van der Waals surface area contributed by atoms with E-state index in [1.165, 1.54) is 0 Å². The fraction of sp³-hybridized carbons (Fsp3) is 0.273. The van der Waals surface area contributed by atoms with E-state index in [1.54, 1.807) is 0 Å². The predicted molar refractivity (Wildman–Crippen MR) is 101 cm³/mol. The standard InChI is InChI=1S/C22H23N3O/c1-2-3-13-22(16-23,17-25-15-14-24-18-25)20-11-7-8-12-21(20)26-19-9-5-4-6-10-19/h4-12,14-15,18H,2-3,13,17H2,1H3/p+1. The molecule has 1 aromatic heterocycles. The van der Waals surface area contributed by atoms with Crippen LogP contribution >= 0.6 is 0 Å². The molecular formula is C22H24N3O+. The maximum atomic E-state index is 10.2. The number of ether oxygens (including phenoxy) is 1. The first kappa shape index (κ1) is 17.8. The lowest BCUT2D eigenvalue weighted by Gasteiger charge is -2.27. The maximum absolute atomic E-state index is 10.2. The summed E-state index contributed by atoms with van der Waals surface area (Å²) in [7, 11) is 0. The van der Waals surface area contributed by atoms with Crippen molar-refractivity contribution in [1.29, 1.82) is 5.26 Å². The lowest BCUT2D eigenvalue weighted by atomic mass is 9.77. The second kappa shape index (κ2) is 8.35. The molecule has 0 saturated heterocycles. The van der Waals surface area contributed by atoms with Crippen molar-refractivity contribution in [3.63, 3.8) is 0 Å². The van der Waals surface area contributed by atoms with Crippen LogP contribution in [0.3, 0.4) is 0 Å². The van der Waals surface area contributed by atoms with Crippen LogP contribution in [0.5, 0.6) is 11.5 Å². The van der Waals surface area contributed by atoms with Crippen molar-refractivity contribution in [2.45, 2.75) is 38.1 Å². The number of unbranched alkanes of at least 4 members (excludes halogenated alkanes) is 1. The lowest BCUT2D eigenvalue weighted by molar-refractivity contribution is -0.702. The molecule has 1 heterocycles. The molecule has 26 heavy (non-hydrogen) atoms. The summed E-state index contributed by atoms with van der Waals surface area (Å²) in [5.41, 5.74) is 0.294. The predicted octanol–water partition coefficient (Wildman–Crippen LogP) is 4.75. The van der Waals surface area contributed by atoms with Crippen LogP contribution in [0.1, 0.15) is 31.7 Å². The molecule has 0 radical (unpaired) electrons. The van der Waals surface area contributed by atoms with Gasteiger partial charge in [-0.3, -0.25) is 4.98 Å². The van der Waals surface area contributed by atoms with E-state index in [-0.39, 0.29) is 0 Å². The summed E-state index contributed by atoms with van der Waals surface area (Å²) in [4.78, 5) is 3.06. The third-order valence-corrected chi connectivity index (χ3v) is 4.60. The molecule has 0 amide bonds. The van der Waals surface area contributed by atoms with E-state index >= 15 is 0 Å². The van der Waals surface area contributed by atoms with Gasteiger partial charge in [0.15, 0.2) is 0 Å². The summed E-state index contributed by atoms with van der Waals surface area (Å²) < 4.78 is 8.17. The van der Waals surface area contributed by atoms with Crippen molar-refractivity contribution in [1.82, 2.24) is 4.98 Å². The minimum absolute atomic E-state index is 0.585. The van der Waals surface area contributed by atoms with Gasteiger partial charge in [0.25, 0.3) is 0 Å². The van der Waals surface area contributed by atoms with Crippen molar-refractivity contribution in [3.05, 3.63) is 78.9 Å². The molecule has 0 aliphatic carbocycles. The minimum atomic E-state index is -0.645. The molecule has 2 aromatic carbocycles. The monoisotopic (exact) mass is 346 g/mol. The number of imidazole rings is 1. The highest BCUT2D eigenvalue weighted by Crippen LogP contribution is 2.38. The van der Waals surface area contributed by atoms with Gasteiger partial charge in [0.05, 0.1) is 6.07 Å². The first-order chi connectivity index (χ1) is 12.8. The summed E-state index contributed by atoms with van der Waals surface area (Å²) in [5.74, 6) is 1.52. The molecule has 0 spiro atoms. The first-order valence-electron chi connectivity index (χ1n) is 9.03. The molecule has 1 atom stereocenters. The van der Waals surface area contributed by atoms with Crippen LogP contribution in [0.4, 0.5) is 0 Å². The van der Waals surface area contributed by atoms with Gasteiger partial charge in [-0.2, -0.15) is 5.26 Å². The normalized spacial score (nSPS) is 12.9. The molecule has 0 fully saturated rings. The van der Waals surface area contributed by atoms with Crippen molar-refractivity contribution in [3.8, 4) is 17.6 Å². The Hall–Kier alpha value is -3.06. The number of nitrogens with zero attached hydrogens (tertiary/aromatic N) is 2. The third-order valence-electron chi connectivity index (χ3n) is 4.60. The fourth-order valence-electron chi connectivity index (χ4n) is 3.23. The molecule has 4 nitrogen and oxygen atoms in total. The Kier molecular flexibility index (Phi) is 5.70. The Labute approximate surface area is 154 Å². The number of para-hydroxylation sites is 2. The van der Waals surface area contributed by atoms with Crippen LogP contribution in [0, 0.1) is 11.3 Å². The van der Waals surface area contributed by atoms with E-state index in [4.69, 9.17) is 4.74 Å². The molecule has 3 rings (SSSR count). The number of aromatic amines is 1. The molecule has 132 valence electrons. The largest absolute Gasteiger partial charge is 0.457 e. The molecule has 0 aliphatic heterocycles. The second-order valence-electron chi connectivity index (χ2n) is 6.49. The highest BCUT2D eigenvalue weighted by Gasteiger charge is 2.37. The second-order valence-corrected chi connectivity index (χ2v) is 6.49. The van der Waals surface area contributed by atoms with Crippen LogP contribution in [0.25, 0.3) is 0 Å². The van der Waals surface area contributed by atoms with Gasteiger partial charge in [-0.15, -0.1) is 0 Å². The van der Waals surface area contributed by atoms with Gasteiger partial charge in [-0.1, -0.05) is 56.2 Å². The Morgan fingerprint density at radius 2 is 1.88 bits per heavy atom. The SMILES string of the molecule is CCCCC(C#N)(C[n+]1cc[nH]c1)c1ccccc1Oc1ccccc1.